The zero-order valence-electron chi connectivity index (χ0n) is 14.9. The van der Waals surface area contributed by atoms with Gasteiger partial charge in [0, 0.05) is 25.2 Å². The average Bonchev–Trinajstić information content (AvgIpc) is 3.31. The number of aromatic nitrogens is 3. The minimum atomic E-state index is -0.612. The lowest BCUT2D eigenvalue weighted by atomic mass is 10.2. The van der Waals surface area contributed by atoms with E-state index in [0.29, 0.717) is 23.8 Å². The summed E-state index contributed by atoms with van der Waals surface area (Å²) in [6.07, 6.45) is 2.81. The summed E-state index contributed by atoms with van der Waals surface area (Å²) in [5.41, 5.74) is 0.822. The monoisotopic (exact) mass is 368 g/mol. The Labute approximate surface area is 156 Å². The Morgan fingerprint density at radius 3 is 3.07 bits per heavy atom. The van der Waals surface area contributed by atoms with Crippen LogP contribution in [0.25, 0.3) is 5.65 Å². The summed E-state index contributed by atoms with van der Waals surface area (Å²) in [6.45, 7) is 2.46. The molecule has 0 bridgehead atoms. The zero-order chi connectivity index (χ0) is 18.6. The van der Waals surface area contributed by atoms with E-state index in [4.69, 9.17) is 14.2 Å². The largest absolute Gasteiger partial charge is 0.481 e. The summed E-state index contributed by atoms with van der Waals surface area (Å²) < 4.78 is 18.2. The van der Waals surface area contributed by atoms with Gasteiger partial charge in [-0.25, -0.2) is 0 Å². The molecule has 1 amide bonds. The van der Waals surface area contributed by atoms with Crippen molar-refractivity contribution in [2.75, 3.05) is 13.3 Å². The molecule has 0 saturated heterocycles. The van der Waals surface area contributed by atoms with Gasteiger partial charge in [0.1, 0.15) is 11.6 Å². The fourth-order valence-electron chi connectivity index (χ4n) is 2.87. The summed E-state index contributed by atoms with van der Waals surface area (Å²) in [5.74, 6) is 2.58. The first-order chi connectivity index (χ1) is 13.2. The van der Waals surface area contributed by atoms with E-state index in [1.165, 1.54) is 0 Å². The third kappa shape index (κ3) is 3.79. The number of hydrogen-bond acceptors (Lipinski definition) is 6. The Morgan fingerprint density at radius 2 is 2.15 bits per heavy atom. The molecule has 140 valence electrons. The molecule has 0 spiro atoms. The van der Waals surface area contributed by atoms with Crippen LogP contribution in [0.3, 0.4) is 0 Å². The van der Waals surface area contributed by atoms with E-state index >= 15 is 0 Å². The fraction of sp³-hybridized carbons (Fsp3) is 0.316. The zero-order valence-corrected chi connectivity index (χ0v) is 14.9. The molecule has 4 rings (SSSR count). The van der Waals surface area contributed by atoms with E-state index in [9.17, 15) is 4.79 Å². The highest BCUT2D eigenvalue weighted by Gasteiger charge is 2.18. The molecule has 8 heteroatoms. The molecule has 0 saturated carbocycles. The highest BCUT2D eigenvalue weighted by molar-refractivity contribution is 5.80. The van der Waals surface area contributed by atoms with E-state index in [2.05, 4.69) is 15.5 Å². The van der Waals surface area contributed by atoms with Crippen LogP contribution in [-0.4, -0.2) is 39.9 Å². The number of nitrogens with zero attached hydrogens (tertiary/aromatic N) is 3. The second-order valence-corrected chi connectivity index (χ2v) is 6.21. The minimum Gasteiger partial charge on any atom is -0.481 e. The van der Waals surface area contributed by atoms with Crippen LogP contribution in [0.5, 0.6) is 17.2 Å². The molecule has 1 aliphatic heterocycles. The molecule has 0 radical (unpaired) electrons. The van der Waals surface area contributed by atoms with Crippen molar-refractivity contribution >= 4 is 11.6 Å². The molecule has 3 heterocycles. The van der Waals surface area contributed by atoms with Gasteiger partial charge in [-0.1, -0.05) is 6.07 Å². The van der Waals surface area contributed by atoms with Crippen LogP contribution < -0.4 is 19.5 Å². The number of carbonyl (C=O) groups is 1. The molecule has 3 aromatic rings. The van der Waals surface area contributed by atoms with E-state index < -0.39 is 6.10 Å². The molecular formula is C19H20N4O4. The second-order valence-electron chi connectivity index (χ2n) is 6.21. The van der Waals surface area contributed by atoms with Crippen molar-refractivity contribution < 1.29 is 19.0 Å². The summed E-state index contributed by atoms with van der Waals surface area (Å²) in [5, 5.41) is 11.2. The Morgan fingerprint density at radius 1 is 1.26 bits per heavy atom. The quantitative estimate of drug-likeness (QED) is 0.642. The Balaban J connectivity index is 1.24. The number of hydrogen-bond donors (Lipinski definition) is 1. The number of pyridine rings is 1. The third-order valence-corrected chi connectivity index (χ3v) is 4.29. The Bertz CT molecular complexity index is 956. The van der Waals surface area contributed by atoms with Gasteiger partial charge < -0.3 is 19.5 Å². The van der Waals surface area contributed by atoms with E-state index in [1.807, 2.05) is 28.8 Å². The number of carbonyl (C=O) groups excluding carboxylic acids is 1. The number of nitrogens with one attached hydrogen (secondary N) is 1. The number of amides is 1. The molecule has 8 nitrogen and oxygen atoms in total. The normalized spacial score (nSPS) is 13.5. The maximum atomic E-state index is 12.2. The van der Waals surface area contributed by atoms with Gasteiger partial charge in [-0.2, -0.15) is 0 Å². The molecule has 2 aromatic heterocycles. The number of rotatable bonds is 7. The molecule has 1 aliphatic rings. The van der Waals surface area contributed by atoms with Gasteiger partial charge in [0.05, 0.1) is 0 Å². The van der Waals surface area contributed by atoms with Crippen molar-refractivity contribution in [3.8, 4) is 17.2 Å². The fourth-order valence-corrected chi connectivity index (χ4v) is 2.87. The SMILES string of the molecule is C[C@H](Oc1ccc2c(c1)OCO2)C(=O)NCCCc1nnc2ccccn12. The van der Waals surface area contributed by atoms with Gasteiger partial charge in [0.25, 0.3) is 5.91 Å². The molecule has 1 aromatic carbocycles. The van der Waals surface area contributed by atoms with Gasteiger partial charge in [0.15, 0.2) is 23.3 Å². The predicted molar refractivity (Wildman–Crippen MR) is 97.0 cm³/mol. The predicted octanol–water partition coefficient (Wildman–Crippen LogP) is 1.97. The molecule has 0 unspecified atom stereocenters. The lowest BCUT2D eigenvalue weighted by molar-refractivity contribution is -0.127. The van der Waals surface area contributed by atoms with Gasteiger partial charge in [0.2, 0.25) is 6.79 Å². The summed E-state index contributed by atoms with van der Waals surface area (Å²) >= 11 is 0. The molecule has 1 N–H and O–H groups in total. The van der Waals surface area contributed by atoms with E-state index in [0.717, 1.165) is 24.3 Å². The molecular weight excluding hydrogens is 348 g/mol. The van der Waals surface area contributed by atoms with Crippen molar-refractivity contribution in [2.24, 2.45) is 0 Å². The lowest BCUT2D eigenvalue weighted by Crippen LogP contribution is -2.37. The molecule has 1 atom stereocenters. The Kier molecular flexibility index (Phi) is 4.78. The first kappa shape index (κ1) is 17.1. The molecule has 0 fully saturated rings. The van der Waals surface area contributed by atoms with Crippen LogP contribution in [0.4, 0.5) is 0 Å². The van der Waals surface area contributed by atoms with Crippen molar-refractivity contribution in [3.05, 3.63) is 48.4 Å². The van der Waals surface area contributed by atoms with Crippen LogP contribution in [0, 0.1) is 0 Å². The smallest absolute Gasteiger partial charge is 0.260 e. The van der Waals surface area contributed by atoms with Crippen LogP contribution >= 0.6 is 0 Å². The maximum Gasteiger partial charge on any atom is 0.260 e. The number of ether oxygens (including phenoxy) is 3. The van der Waals surface area contributed by atoms with Crippen LogP contribution in [0.2, 0.25) is 0 Å². The summed E-state index contributed by atoms with van der Waals surface area (Å²) in [7, 11) is 0. The van der Waals surface area contributed by atoms with Gasteiger partial charge in [-0.15, -0.1) is 10.2 Å². The van der Waals surface area contributed by atoms with E-state index in [1.54, 1.807) is 25.1 Å². The van der Waals surface area contributed by atoms with Crippen molar-refractivity contribution in [1.29, 1.82) is 0 Å². The van der Waals surface area contributed by atoms with Crippen molar-refractivity contribution in [1.82, 2.24) is 19.9 Å². The van der Waals surface area contributed by atoms with Gasteiger partial charge in [-0.3, -0.25) is 9.20 Å². The van der Waals surface area contributed by atoms with Gasteiger partial charge >= 0.3 is 0 Å². The summed E-state index contributed by atoms with van der Waals surface area (Å²) in [4.78, 5) is 12.2. The number of benzene rings is 1. The van der Waals surface area contributed by atoms with Crippen LogP contribution in [0.15, 0.2) is 42.6 Å². The van der Waals surface area contributed by atoms with Crippen molar-refractivity contribution in [3.63, 3.8) is 0 Å². The van der Waals surface area contributed by atoms with E-state index in [-0.39, 0.29) is 12.7 Å². The average molecular weight is 368 g/mol. The van der Waals surface area contributed by atoms with Crippen LogP contribution in [0.1, 0.15) is 19.2 Å². The standard InChI is InChI=1S/C19H20N4O4/c1-13(27-14-7-8-15-16(11-14)26-12-25-15)19(24)20-9-4-6-18-22-21-17-5-2-3-10-23(17)18/h2-3,5,7-8,10-11,13H,4,6,9,12H2,1H3,(H,20,24)/t13-/m0/s1. The second kappa shape index (κ2) is 7.53. The highest BCUT2D eigenvalue weighted by atomic mass is 16.7. The van der Waals surface area contributed by atoms with Crippen LogP contribution in [-0.2, 0) is 11.2 Å². The first-order valence-corrected chi connectivity index (χ1v) is 8.83. The highest BCUT2D eigenvalue weighted by Crippen LogP contribution is 2.35. The summed E-state index contributed by atoms with van der Waals surface area (Å²) in [6, 6.07) is 11.0. The molecule has 27 heavy (non-hydrogen) atoms. The number of aryl methyl sites for hydroxylation is 1. The lowest BCUT2D eigenvalue weighted by Gasteiger charge is -2.15. The Hall–Kier alpha value is -3.29. The van der Waals surface area contributed by atoms with Gasteiger partial charge in [-0.05, 0) is 37.6 Å². The maximum absolute atomic E-state index is 12.2. The topological polar surface area (TPSA) is 87.0 Å². The third-order valence-electron chi connectivity index (χ3n) is 4.29. The number of fused-ring (bicyclic) bond motifs is 2. The molecule has 0 aliphatic carbocycles. The van der Waals surface area contributed by atoms with Crippen molar-refractivity contribution in [2.45, 2.75) is 25.9 Å². The minimum absolute atomic E-state index is 0.168. The first-order valence-electron chi connectivity index (χ1n) is 8.83.